The number of nitrogens with one attached hydrogen (secondary N) is 4. The summed E-state index contributed by atoms with van der Waals surface area (Å²) in [5.41, 5.74) is -0.873. The van der Waals surface area contributed by atoms with Crippen LogP contribution < -0.4 is 21.3 Å². The molecule has 0 radical (unpaired) electrons. The number of hydrogen-bond donors (Lipinski definition) is 4. The summed E-state index contributed by atoms with van der Waals surface area (Å²) >= 11 is 0. The second-order valence-corrected chi connectivity index (χ2v) is 13.2. The molecule has 37 heavy (non-hydrogen) atoms. The van der Waals surface area contributed by atoms with E-state index in [0.717, 1.165) is 0 Å². The van der Waals surface area contributed by atoms with Crippen LogP contribution in [-0.4, -0.2) is 65.5 Å². The van der Waals surface area contributed by atoms with Crippen molar-refractivity contribution in [1.29, 1.82) is 0 Å². The Morgan fingerprint density at radius 1 is 0.757 bits per heavy atom. The van der Waals surface area contributed by atoms with Crippen LogP contribution in [0.2, 0.25) is 0 Å². The Bertz CT molecular complexity index is 832. The molecule has 1 rings (SSSR count). The molecule has 1 fully saturated rings. The SMILES string of the molecule is CC(=O)NC(CC(C)C)C(=O)NC(CC(C)C)C(=O)NC(PP)C(=O)NC(CC(C)C)C(=O)C1(C)CO1. The first-order chi connectivity index (χ1) is 17.1. The predicted molar refractivity (Wildman–Crippen MR) is 149 cm³/mol. The van der Waals surface area contributed by atoms with E-state index in [0.29, 0.717) is 25.9 Å². The van der Waals surface area contributed by atoms with Crippen molar-refractivity contribution in [3.63, 3.8) is 0 Å². The molecule has 1 aliphatic heterocycles. The van der Waals surface area contributed by atoms with Crippen LogP contribution in [0, 0.1) is 17.8 Å². The zero-order chi connectivity index (χ0) is 28.5. The molecule has 1 heterocycles. The molecule has 0 aliphatic carbocycles. The Balaban J connectivity index is 2.97. The lowest BCUT2D eigenvalue weighted by atomic mass is 9.93. The van der Waals surface area contributed by atoms with Crippen molar-refractivity contribution < 1.29 is 28.7 Å². The van der Waals surface area contributed by atoms with Gasteiger partial charge in [-0.1, -0.05) is 49.8 Å². The number of carbonyl (C=O) groups excluding carboxylic acids is 5. The zero-order valence-electron chi connectivity index (χ0n) is 23.4. The standard InChI is InChI=1S/C25H46N4O6P2/c1-13(2)9-17(20(31)25(8)12-35-25)27-23(34)24(37-36)29-22(33)19(11-15(5)6)28-21(32)18(10-14(3)4)26-16(7)30/h13-15,17-19,24,37H,9-12,36H2,1-8H3,(H,26,30)(H,27,34)(H,28,32)(H,29,33). The molecule has 4 N–H and O–H groups in total. The van der Waals surface area contributed by atoms with Gasteiger partial charge in [0.1, 0.15) is 23.5 Å². The zero-order valence-corrected chi connectivity index (χ0v) is 25.6. The van der Waals surface area contributed by atoms with E-state index in [1.807, 2.05) is 41.5 Å². The molecular formula is C25H46N4O6P2. The molecule has 7 atom stereocenters. The van der Waals surface area contributed by atoms with Gasteiger partial charge in [-0.2, -0.15) is 0 Å². The first-order valence-electron chi connectivity index (χ1n) is 12.9. The average molecular weight is 561 g/mol. The smallest absolute Gasteiger partial charge is 0.247 e. The Hall–Kier alpha value is -1.63. The lowest BCUT2D eigenvalue weighted by Gasteiger charge is -2.27. The third-order valence-electron chi connectivity index (χ3n) is 5.90. The second-order valence-electron chi connectivity index (χ2n) is 11.3. The Morgan fingerprint density at radius 2 is 1.16 bits per heavy atom. The van der Waals surface area contributed by atoms with Crippen LogP contribution in [-0.2, 0) is 28.7 Å². The maximum Gasteiger partial charge on any atom is 0.247 e. The van der Waals surface area contributed by atoms with Crippen LogP contribution in [0.3, 0.4) is 0 Å². The van der Waals surface area contributed by atoms with Gasteiger partial charge in [0, 0.05) is 6.92 Å². The van der Waals surface area contributed by atoms with Gasteiger partial charge >= 0.3 is 0 Å². The first-order valence-corrected chi connectivity index (χ1v) is 15.8. The molecule has 4 amide bonds. The fourth-order valence-corrected chi connectivity index (χ4v) is 5.09. The fourth-order valence-electron chi connectivity index (χ4n) is 3.93. The Morgan fingerprint density at radius 3 is 1.57 bits per heavy atom. The number of amides is 4. The largest absolute Gasteiger partial charge is 0.361 e. The summed E-state index contributed by atoms with van der Waals surface area (Å²) in [6.07, 6.45) is 1.23. The highest BCUT2D eigenvalue weighted by molar-refractivity contribution is 8.03. The molecular weight excluding hydrogens is 514 g/mol. The maximum absolute atomic E-state index is 13.2. The molecule has 0 aromatic rings. The number of ether oxygens (including phenoxy) is 1. The average Bonchev–Trinajstić information content (AvgIpc) is 3.52. The number of carbonyl (C=O) groups is 5. The molecule has 0 aromatic carbocycles. The third kappa shape index (κ3) is 11.7. The van der Waals surface area contributed by atoms with E-state index in [9.17, 15) is 24.0 Å². The summed E-state index contributed by atoms with van der Waals surface area (Å²) in [5, 5.41) is 11.0. The topological polar surface area (TPSA) is 146 Å². The van der Waals surface area contributed by atoms with Crippen molar-refractivity contribution in [2.75, 3.05) is 6.61 Å². The van der Waals surface area contributed by atoms with E-state index in [1.165, 1.54) is 6.92 Å². The highest BCUT2D eigenvalue weighted by Crippen LogP contribution is 2.30. The van der Waals surface area contributed by atoms with Crippen LogP contribution in [0.4, 0.5) is 0 Å². The molecule has 0 bridgehead atoms. The minimum absolute atomic E-state index is 0.0531. The number of hydrogen-bond acceptors (Lipinski definition) is 6. The quantitative estimate of drug-likeness (QED) is 0.168. The summed E-state index contributed by atoms with van der Waals surface area (Å²) in [5.74, 6) is -2.40. The van der Waals surface area contributed by atoms with Crippen molar-refractivity contribution in [2.24, 2.45) is 17.8 Å². The van der Waals surface area contributed by atoms with Crippen molar-refractivity contribution in [1.82, 2.24) is 21.3 Å². The number of rotatable bonds is 16. The molecule has 1 saturated heterocycles. The van der Waals surface area contributed by atoms with Crippen molar-refractivity contribution in [3.05, 3.63) is 0 Å². The van der Waals surface area contributed by atoms with Gasteiger partial charge in [-0.05, 0) is 43.9 Å². The minimum Gasteiger partial charge on any atom is -0.361 e. The van der Waals surface area contributed by atoms with Crippen LogP contribution in [0.15, 0.2) is 0 Å². The van der Waals surface area contributed by atoms with Crippen molar-refractivity contribution >= 4 is 46.6 Å². The van der Waals surface area contributed by atoms with E-state index >= 15 is 0 Å². The predicted octanol–water partition coefficient (Wildman–Crippen LogP) is 1.87. The first kappa shape index (κ1) is 33.4. The van der Waals surface area contributed by atoms with Gasteiger partial charge in [0.2, 0.25) is 23.6 Å². The van der Waals surface area contributed by atoms with Crippen LogP contribution >= 0.6 is 17.2 Å². The summed E-state index contributed by atoms with van der Waals surface area (Å²) in [6, 6.07) is -2.38. The molecule has 0 aromatic heterocycles. The minimum atomic E-state index is -0.889. The van der Waals surface area contributed by atoms with Crippen LogP contribution in [0.1, 0.15) is 74.7 Å². The lowest BCUT2D eigenvalue weighted by Crippen LogP contribution is -2.57. The molecule has 0 saturated carbocycles. The second kappa shape index (κ2) is 15.1. The van der Waals surface area contributed by atoms with Crippen LogP contribution in [0.5, 0.6) is 0 Å². The molecule has 12 heteroatoms. The summed E-state index contributed by atoms with van der Waals surface area (Å²) in [4.78, 5) is 63.8. The highest BCUT2D eigenvalue weighted by atomic mass is 32.0. The van der Waals surface area contributed by atoms with Gasteiger partial charge in [0.15, 0.2) is 5.78 Å². The van der Waals surface area contributed by atoms with E-state index < -0.39 is 47.2 Å². The normalized spacial score (nSPS) is 20.4. The lowest BCUT2D eigenvalue weighted by molar-refractivity contribution is -0.134. The van der Waals surface area contributed by atoms with Gasteiger partial charge in [0.05, 0.1) is 12.6 Å². The van der Waals surface area contributed by atoms with Crippen molar-refractivity contribution in [2.45, 2.75) is 104 Å². The van der Waals surface area contributed by atoms with Gasteiger partial charge in [-0.15, -0.1) is 8.93 Å². The molecule has 212 valence electrons. The van der Waals surface area contributed by atoms with Gasteiger partial charge in [-0.25, -0.2) is 0 Å². The summed E-state index contributed by atoms with van der Waals surface area (Å²) in [7, 11) is 2.41. The molecule has 1 aliphatic rings. The maximum atomic E-state index is 13.2. The van der Waals surface area contributed by atoms with Gasteiger partial charge in [0.25, 0.3) is 0 Å². The summed E-state index contributed by atoms with van der Waals surface area (Å²) < 4.78 is 5.29. The highest BCUT2D eigenvalue weighted by Gasteiger charge is 2.50. The summed E-state index contributed by atoms with van der Waals surface area (Å²) in [6.45, 7) is 15.0. The van der Waals surface area contributed by atoms with E-state index in [2.05, 4.69) is 30.2 Å². The Labute approximate surface area is 225 Å². The molecule has 0 spiro atoms. The monoisotopic (exact) mass is 560 g/mol. The van der Waals surface area contributed by atoms with Crippen LogP contribution in [0.25, 0.3) is 0 Å². The molecule has 10 nitrogen and oxygen atoms in total. The third-order valence-corrected chi connectivity index (χ3v) is 7.64. The van der Waals surface area contributed by atoms with E-state index in [4.69, 9.17) is 4.74 Å². The molecule has 7 unspecified atom stereocenters. The van der Waals surface area contributed by atoms with Gasteiger partial charge < -0.3 is 26.0 Å². The van der Waals surface area contributed by atoms with Gasteiger partial charge in [-0.3, -0.25) is 24.0 Å². The fraction of sp³-hybridized carbons (Fsp3) is 0.800. The number of ketones is 1. The Kier molecular flexibility index (Phi) is 13.6. The van der Waals surface area contributed by atoms with Crippen molar-refractivity contribution in [3.8, 4) is 0 Å². The van der Waals surface area contributed by atoms with E-state index in [-0.39, 0.29) is 37.7 Å². The number of epoxide rings is 1. The number of Topliss-reactive ketones (excluding diaryl/α,β-unsaturated/α-hetero) is 1. The van der Waals surface area contributed by atoms with E-state index in [1.54, 1.807) is 6.92 Å².